The molecule has 0 fully saturated rings. The maximum Gasteiger partial charge on any atom is 0.407 e. The van der Waals surface area contributed by atoms with E-state index in [9.17, 15) is 14.4 Å². The van der Waals surface area contributed by atoms with Gasteiger partial charge in [-0.05, 0) is 63.1 Å². The van der Waals surface area contributed by atoms with E-state index in [0.717, 1.165) is 11.1 Å². The number of unbranched alkanes of at least 4 members (excludes halogenated alkanes) is 3. The zero-order valence-corrected chi connectivity index (χ0v) is 27.3. The topological polar surface area (TPSA) is 111 Å². The van der Waals surface area contributed by atoms with Crippen LogP contribution in [0.4, 0.5) is 10.5 Å². The van der Waals surface area contributed by atoms with Crippen molar-refractivity contribution >= 4 is 29.2 Å². The van der Waals surface area contributed by atoms with Gasteiger partial charge in [-0.25, -0.2) is 9.78 Å². The highest BCUT2D eigenvalue weighted by Gasteiger charge is 2.19. The largest absolute Gasteiger partial charge is 0.466 e. The molecular formula is C36H46N4O5. The second-order valence-electron chi connectivity index (χ2n) is 11.6. The molecule has 0 unspecified atom stereocenters. The van der Waals surface area contributed by atoms with E-state index in [0.29, 0.717) is 22.5 Å². The predicted molar refractivity (Wildman–Crippen MR) is 178 cm³/mol. The molecule has 0 saturated carbocycles. The van der Waals surface area contributed by atoms with E-state index in [1.165, 1.54) is 25.7 Å². The Labute approximate surface area is 266 Å². The molecule has 240 valence electrons. The molecule has 2 amide bonds. The summed E-state index contributed by atoms with van der Waals surface area (Å²) in [7, 11) is 0. The van der Waals surface area contributed by atoms with Gasteiger partial charge in [-0.3, -0.25) is 9.59 Å². The van der Waals surface area contributed by atoms with E-state index in [1.54, 1.807) is 31.2 Å². The molecule has 4 rings (SSSR count). The highest BCUT2D eigenvalue weighted by molar-refractivity contribution is 6.08. The average molecular weight is 615 g/mol. The molecule has 0 aliphatic carbocycles. The predicted octanol–water partition coefficient (Wildman–Crippen LogP) is 7.97. The number of nitrogens with zero attached hydrogens (tertiary/aromatic N) is 2. The van der Waals surface area contributed by atoms with E-state index >= 15 is 0 Å². The van der Waals surface area contributed by atoms with Gasteiger partial charge in [0.05, 0.1) is 24.2 Å². The molecule has 4 aromatic rings. The average Bonchev–Trinajstić information content (AvgIpc) is 3.48. The van der Waals surface area contributed by atoms with Crippen molar-refractivity contribution in [1.82, 2.24) is 14.7 Å². The fourth-order valence-corrected chi connectivity index (χ4v) is 4.53. The lowest BCUT2D eigenvalue weighted by Crippen LogP contribution is -2.32. The first-order valence-electron chi connectivity index (χ1n) is 15.6. The van der Waals surface area contributed by atoms with Gasteiger partial charge < -0.3 is 24.5 Å². The lowest BCUT2D eigenvalue weighted by atomic mass is 10.1. The molecule has 9 heteroatoms. The van der Waals surface area contributed by atoms with Crippen LogP contribution in [-0.4, -0.2) is 39.6 Å². The van der Waals surface area contributed by atoms with Crippen LogP contribution in [0.25, 0.3) is 16.8 Å². The second kappa shape index (κ2) is 17.0. The Hall–Kier alpha value is -4.66. The van der Waals surface area contributed by atoms with Gasteiger partial charge in [0.25, 0.3) is 5.91 Å². The fraction of sp³-hybridized carbons (Fsp3) is 0.389. The van der Waals surface area contributed by atoms with E-state index < -0.39 is 17.6 Å². The zero-order chi connectivity index (χ0) is 32.8. The third-order valence-electron chi connectivity index (χ3n) is 6.65. The van der Waals surface area contributed by atoms with Crippen LogP contribution in [0.15, 0.2) is 73.1 Å². The van der Waals surface area contributed by atoms with Gasteiger partial charge in [0.2, 0.25) is 0 Å². The van der Waals surface area contributed by atoms with E-state index in [1.807, 2.05) is 74.0 Å². The number of hydrogen-bond acceptors (Lipinski definition) is 6. The standard InChI is InChI=1S/C30H32N4O5.C6H14/c1-5-38-26(35)17-22-11-6-7-13-23(22)33-28(36)27-25-14-9-15-34(25)19-24(32-27)21-12-8-10-20(16-21)18-31-29(37)39-30(2,3)4;1-3-5-6-4-2/h6-16,19H,5,17-18H2,1-4H3,(H,31,37)(H,33,36);3-6H2,1-2H3. The summed E-state index contributed by atoms with van der Waals surface area (Å²) in [5.74, 6) is -0.769. The third kappa shape index (κ3) is 11.1. The van der Waals surface area contributed by atoms with E-state index in [2.05, 4.69) is 24.5 Å². The van der Waals surface area contributed by atoms with Gasteiger partial charge in [0.1, 0.15) is 5.60 Å². The summed E-state index contributed by atoms with van der Waals surface area (Å²) in [5.41, 5.74) is 3.68. The maximum absolute atomic E-state index is 13.5. The summed E-state index contributed by atoms with van der Waals surface area (Å²) in [5, 5.41) is 5.67. The Balaban J connectivity index is 0.000000838. The quantitative estimate of drug-likeness (QED) is 0.131. The minimum atomic E-state index is -0.585. The molecule has 9 nitrogen and oxygen atoms in total. The zero-order valence-electron chi connectivity index (χ0n) is 27.3. The van der Waals surface area contributed by atoms with Crippen LogP contribution in [0.1, 0.15) is 88.8 Å². The Morgan fingerprint density at radius 3 is 2.33 bits per heavy atom. The molecule has 0 atom stereocenters. The van der Waals surface area contributed by atoms with Gasteiger partial charge >= 0.3 is 12.1 Å². The number of nitrogens with one attached hydrogen (secondary N) is 2. The number of carbonyl (C=O) groups is 3. The van der Waals surface area contributed by atoms with Crippen LogP contribution in [0, 0.1) is 0 Å². The number of fused-ring (bicyclic) bond motifs is 1. The lowest BCUT2D eigenvalue weighted by Gasteiger charge is -2.19. The Morgan fingerprint density at radius 1 is 0.911 bits per heavy atom. The molecule has 0 spiro atoms. The molecule has 0 aliphatic rings. The minimum absolute atomic E-state index is 0.0441. The molecular weight excluding hydrogens is 568 g/mol. The molecule has 0 radical (unpaired) electrons. The number of para-hydroxylation sites is 1. The molecule has 2 heterocycles. The van der Waals surface area contributed by atoms with Gasteiger partial charge in [-0.15, -0.1) is 0 Å². The Morgan fingerprint density at radius 2 is 1.64 bits per heavy atom. The van der Waals surface area contributed by atoms with E-state index in [-0.39, 0.29) is 31.2 Å². The molecule has 0 aliphatic heterocycles. The smallest absolute Gasteiger partial charge is 0.407 e. The minimum Gasteiger partial charge on any atom is -0.466 e. The van der Waals surface area contributed by atoms with Gasteiger partial charge in [-0.1, -0.05) is 75.9 Å². The first-order chi connectivity index (χ1) is 21.5. The number of rotatable bonds is 11. The van der Waals surface area contributed by atoms with Crippen molar-refractivity contribution in [3.8, 4) is 11.3 Å². The summed E-state index contributed by atoms with van der Waals surface area (Å²) in [6, 6.07) is 18.3. The number of carbonyl (C=O) groups excluding carboxylic acids is 3. The van der Waals surface area contributed by atoms with Crippen LogP contribution in [-0.2, 0) is 27.2 Å². The van der Waals surface area contributed by atoms with Crippen LogP contribution < -0.4 is 10.6 Å². The van der Waals surface area contributed by atoms with Crippen LogP contribution in [0.2, 0.25) is 0 Å². The lowest BCUT2D eigenvalue weighted by molar-refractivity contribution is -0.142. The van der Waals surface area contributed by atoms with Gasteiger partial charge in [0, 0.05) is 30.2 Å². The summed E-state index contributed by atoms with van der Waals surface area (Å²) >= 11 is 0. The normalized spacial score (nSPS) is 10.9. The summed E-state index contributed by atoms with van der Waals surface area (Å²) in [6.07, 6.45) is 8.78. The van der Waals surface area contributed by atoms with Crippen molar-refractivity contribution in [2.24, 2.45) is 0 Å². The molecule has 45 heavy (non-hydrogen) atoms. The van der Waals surface area contributed by atoms with Crippen molar-refractivity contribution in [3.63, 3.8) is 0 Å². The summed E-state index contributed by atoms with van der Waals surface area (Å²) in [4.78, 5) is 42.3. The highest BCUT2D eigenvalue weighted by atomic mass is 16.6. The second-order valence-corrected chi connectivity index (χ2v) is 11.6. The molecule has 2 aromatic heterocycles. The number of esters is 1. The van der Waals surface area contributed by atoms with E-state index in [4.69, 9.17) is 14.5 Å². The highest BCUT2D eigenvalue weighted by Crippen LogP contribution is 2.24. The first kappa shape index (κ1) is 34.8. The molecule has 0 saturated heterocycles. The third-order valence-corrected chi connectivity index (χ3v) is 6.65. The number of amides is 2. The van der Waals surface area contributed by atoms with Crippen LogP contribution in [0.5, 0.6) is 0 Å². The number of hydrogen-bond donors (Lipinski definition) is 2. The number of aromatic nitrogens is 2. The molecule has 0 bridgehead atoms. The van der Waals surface area contributed by atoms with Crippen molar-refractivity contribution < 1.29 is 23.9 Å². The van der Waals surface area contributed by atoms with Crippen molar-refractivity contribution in [2.75, 3.05) is 11.9 Å². The monoisotopic (exact) mass is 614 g/mol. The van der Waals surface area contributed by atoms with Gasteiger partial charge in [0.15, 0.2) is 5.69 Å². The molecule has 2 N–H and O–H groups in total. The van der Waals surface area contributed by atoms with Crippen LogP contribution >= 0.6 is 0 Å². The fourth-order valence-electron chi connectivity index (χ4n) is 4.53. The number of benzene rings is 2. The first-order valence-corrected chi connectivity index (χ1v) is 15.6. The number of alkyl carbamates (subject to hydrolysis) is 1. The summed E-state index contributed by atoms with van der Waals surface area (Å²) < 4.78 is 12.2. The Kier molecular flexibility index (Phi) is 13.1. The summed E-state index contributed by atoms with van der Waals surface area (Å²) in [6.45, 7) is 12.2. The van der Waals surface area contributed by atoms with Crippen molar-refractivity contribution in [1.29, 1.82) is 0 Å². The SMILES string of the molecule is CCCCCC.CCOC(=O)Cc1ccccc1NC(=O)c1nc(-c2cccc(CNC(=O)OC(C)(C)C)c2)cn2cccc12. The van der Waals surface area contributed by atoms with Crippen molar-refractivity contribution in [3.05, 3.63) is 89.9 Å². The van der Waals surface area contributed by atoms with Crippen LogP contribution in [0.3, 0.4) is 0 Å². The van der Waals surface area contributed by atoms with Gasteiger partial charge in [-0.2, -0.15) is 0 Å². The van der Waals surface area contributed by atoms with Crippen molar-refractivity contribution in [2.45, 2.75) is 85.8 Å². The molecule has 2 aromatic carbocycles. The number of ether oxygens (including phenoxy) is 2. The number of anilines is 1. The maximum atomic E-state index is 13.5. The Bertz CT molecular complexity index is 1570.